The highest BCUT2D eigenvalue weighted by molar-refractivity contribution is 5.96. The number of rotatable bonds is 6. The van der Waals surface area contributed by atoms with Crippen molar-refractivity contribution in [1.29, 1.82) is 0 Å². The molecule has 2 rings (SSSR count). The van der Waals surface area contributed by atoms with Crippen LogP contribution < -0.4 is 10.2 Å². The molecule has 1 heterocycles. The maximum Gasteiger partial charge on any atom is 0.276 e. The Morgan fingerprint density at radius 1 is 1.39 bits per heavy atom. The van der Waals surface area contributed by atoms with Gasteiger partial charge in [0.15, 0.2) is 0 Å². The van der Waals surface area contributed by atoms with Crippen molar-refractivity contribution in [3.8, 4) is 5.88 Å². The van der Waals surface area contributed by atoms with Gasteiger partial charge in [-0.1, -0.05) is 0 Å². The number of ether oxygens (including phenoxy) is 1. The predicted molar refractivity (Wildman–Crippen MR) is 83.6 cm³/mol. The first-order valence-electron chi connectivity index (χ1n) is 6.77. The minimum absolute atomic E-state index is 0.0112. The Kier molecular flexibility index (Phi) is 5.35. The molecule has 0 unspecified atom stereocenters. The molecule has 8 heteroatoms. The van der Waals surface area contributed by atoms with E-state index in [1.807, 2.05) is 0 Å². The molecule has 0 atom stereocenters. The molecule has 0 fully saturated rings. The molecule has 0 spiro atoms. The molecular formula is C15H14N4O4. The number of nitro groups is 1. The molecule has 1 aromatic heterocycles. The SMILES string of the molecule is CCOc1ncccc1C(=O)N/N=C/c1ccc([N+](=O)[O-])cc1. The van der Waals surface area contributed by atoms with Crippen LogP contribution in [0.15, 0.2) is 47.7 Å². The summed E-state index contributed by atoms with van der Waals surface area (Å²) in [5.41, 5.74) is 3.24. The molecule has 0 aliphatic rings. The van der Waals surface area contributed by atoms with Gasteiger partial charge in [0.2, 0.25) is 5.88 Å². The number of hydrazone groups is 1. The second-order valence-corrected chi connectivity index (χ2v) is 4.34. The third-order valence-corrected chi connectivity index (χ3v) is 2.78. The zero-order valence-electron chi connectivity index (χ0n) is 12.3. The molecule has 1 N–H and O–H groups in total. The highest BCUT2D eigenvalue weighted by Crippen LogP contribution is 2.14. The van der Waals surface area contributed by atoms with E-state index in [0.717, 1.165) is 0 Å². The standard InChI is InChI=1S/C15H14N4O4/c1-2-23-15-13(4-3-9-16-15)14(20)18-17-10-11-5-7-12(8-6-11)19(21)22/h3-10H,2H2,1H3,(H,18,20)/b17-10+. The molecule has 0 aliphatic heterocycles. The first-order chi connectivity index (χ1) is 11.1. The Bertz CT molecular complexity index is 729. The summed E-state index contributed by atoms with van der Waals surface area (Å²) in [4.78, 5) is 26.1. The second kappa shape index (κ2) is 7.64. The van der Waals surface area contributed by atoms with Crippen LogP contribution >= 0.6 is 0 Å². The fourth-order valence-electron chi connectivity index (χ4n) is 1.72. The van der Waals surface area contributed by atoms with Gasteiger partial charge in [-0.25, -0.2) is 10.4 Å². The average Bonchev–Trinajstić information content (AvgIpc) is 2.56. The summed E-state index contributed by atoms with van der Waals surface area (Å²) in [5, 5.41) is 14.4. The van der Waals surface area contributed by atoms with Gasteiger partial charge in [0.05, 0.1) is 17.7 Å². The number of hydrogen-bond donors (Lipinski definition) is 1. The van der Waals surface area contributed by atoms with E-state index in [1.54, 1.807) is 19.1 Å². The fraction of sp³-hybridized carbons (Fsp3) is 0.133. The van der Waals surface area contributed by atoms with E-state index in [4.69, 9.17) is 4.74 Å². The van der Waals surface area contributed by atoms with Crippen LogP contribution in [0.2, 0.25) is 0 Å². The monoisotopic (exact) mass is 314 g/mol. The lowest BCUT2D eigenvalue weighted by Gasteiger charge is -2.06. The van der Waals surface area contributed by atoms with Gasteiger partial charge in [0.1, 0.15) is 5.56 Å². The molecule has 0 radical (unpaired) electrons. The molecule has 1 aromatic carbocycles. The largest absolute Gasteiger partial charge is 0.477 e. The average molecular weight is 314 g/mol. The summed E-state index contributed by atoms with van der Waals surface area (Å²) < 4.78 is 5.27. The van der Waals surface area contributed by atoms with Crippen LogP contribution in [0.3, 0.4) is 0 Å². The van der Waals surface area contributed by atoms with Crippen LogP contribution in [-0.2, 0) is 0 Å². The van der Waals surface area contributed by atoms with E-state index < -0.39 is 10.8 Å². The number of pyridine rings is 1. The number of non-ortho nitro benzene ring substituents is 1. The van der Waals surface area contributed by atoms with Crippen molar-refractivity contribution in [3.63, 3.8) is 0 Å². The van der Waals surface area contributed by atoms with Crippen LogP contribution in [-0.4, -0.2) is 28.6 Å². The summed E-state index contributed by atoms with van der Waals surface area (Å²) in [5.74, 6) is -0.224. The quantitative estimate of drug-likeness (QED) is 0.499. The van der Waals surface area contributed by atoms with Crippen LogP contribution in [0.1, 0.15) is 22.8 Å². The number of amides is 1. The highest BCUT2D eigenvalue weighted by atomic mass is 16.6. The van der Waals surface area contributed by atoms with Crippen molar-refractivity contribution in [2.75, 3.05) is 6.61 Å². The highest BCUT2D eigenvalue weighted by Gasteiger charge is 2.12. The Balaban J connectivity index is 2.02. The number of benzene rings is 1. The van der Waals surface area contributed by atoms with Gasteiger partial charge in [0, 0.05) is 18.3 Å². The molecule has 0 aliphatic carbocycles. The number of nitro benzene ring substituents is 1. The van der Waals surface area contributed by atoms with Crippen molar-refractivity contribution in [1.82, 2.24) is 10.4 Å². The lowest BCUT2D eigenvalue weighted by atomic mass is 10.2. The summed E-state index contributed by atoms with van der Waals surface area (Å²) in [6, 6.07) is 8.98. The van der Waals surface area contributed by atoms with Gasteiger partial charge in [-0.2, -0.15) is 5.10 Å². The third kappa shape index (κ3) is 4.34. The molecule has 1 amide bonds. The first-order valence-corrected chi connectivity index (χ1v) is 6.77. The number of hydrogen-bond acceptors (Lipinski definition) is 6. The Morgan fingerprint density at radius 3 is 2.78 bits per heavy atom. The minimum Gasteiger partial charge on any atom is -0.477 e. The molecule has 23 heavy (non-hydrogen) atoms. The van der Waals surface area contributed by atoms with Crippen LogP contribution in [0.4, 0.5) is 5.69 Å². The van der Waals surface area contributed by atoms with Crippen molar-refractivity contribution in [2.24, 2.45) is 5.10 Å². The zero-order valence-corrected chi connectivity index (χ0v) is 12.3. The third-order valence-electron chi connectivity index (χ3n) is 2.78. The first kappa shape index (κ1) is 16.1. The molecule has 0 bridgehead atoms. The predicted octanol–water partition coefficient (Wildman–Crippen LogP) is 2.15. The van der Waals surface area contributed by atoms with E-state index in [-0.39, 0.29) is 17.1 Å². The number of nitrogens with zero attached hydrogens (tertiary/aromatic N) is 3. The molecule has 118 valence electrons. The van der Waals surface area contributed by atoms with Gasteiger partial charge in [-0.05, 0) is 36.8 Å². The Labute approximate surface area is 132 Å². The summed E-state index contributed by atoms with van der Waals surface area (Å²) in [7, 11) is 0. The van der Waals surface area contributed by atoms with Crippen molar-refractivity contribution in [2.45, 2.75) is 6.92 Å². The van der Waals surface area contributed by atoms with Gasteiger partial charge < -0.3 is 4.74 Å². The number of nitrogens with one attached hydrogen (secondary N) is 1. The fourth-order valence-corrected chi connectivity index (χ4v) is 1.72. The minimum atomic E-state index is -0.486. The summed E-state index contributed by atoms with van der Waals surface area (Å²) >= 11 is 0. The lowest BCUT2D eigenvalue weighted by Crippen LogP contribution is -2.19. The van der Waals surface area contributed by atoms with Crippen LogP contribution in [0.5, 0.6) is 5.88 Å². The summed E-state index contributed by atoms with van der Waals surface area (Å²) in [6.45, 7) is 2.19. The number of carbonyl (C=O) groups is 1. The Morgan fingerprint density at radius 2 is 2.13 bits per heavy atom. The van der Waals surface area contributed by atoms with Gasteiger partial charge >= 0.3 is 0 Å². The van der Waals surface area contributed by atoms with Crippen molar-refractivity contribution >= 4 is 17.8 Å². The van der Waals surface area contributed by atoms with E-state index in [9.17, 15) is 14.9 Å². The zero-order chi connectivity index (χ0) is 16.7. The number of carbonyl (C=O) groups excluding carboxylic acids is 1. The smallest absolute Gasteiger partial charge is 0.276 e. The molecule has 0 saturated carbocycles. The van der Waals surface area contributed by atoms with Crippen LogP contribution in [0, 0.1) is 10.1 Å². The van der Waals surface area contributed by atoms with Gasteiger partial charge in [-0.3, -0.25) is 14.9 Å². The maximum absolute atomic E-state index is 12.0. The normalized spacial score (nSPS) is 10.5. The van der Waals surface area contributed by atoms with Gasteiger partial charge in [-0.15, -0.1) is 0 Å². The molecule has 8 nitrogen and oxygen atoms in total. The number of aromatic nitrogens is 1. The maximum atomic E-state index is 12.0. The van der Waals surface area contributed by atoms with E-state index in [1.165, 1.54) is 36.7 Å². The summed E-state index contributed by atoms with van der Waals surface area (Å²) in [6.07, 6.45) is 2.92. The lowest BCUT2D eigenvalue weighted by molar-refractivity contribution is -0.384. The second-order valence-electron chi connectivity index (χ2n) is 4.34. The molecule has 2 aromatic rings. The topological polar surface area (TPSA) is 107 Å². The molecule has 0 saturated heterocycles. The van der Waals surface area contributed by atoms with E-state index in [0.29, 0.717) is 12.2 Å². The van der Waals surface area contributed by atoms with Crippen molar-refractivity contribution in [3.05, 3.63) is 63.8 Å². The van der Waals surface area contributed by atoms with E-state index >= 15 is 0 Å². The van der Waals surface area contributed by atoms with Gasteiger partial charge in [0.25, 0.3) is 11.6 Å². The molecular weight excluding hydrogens is 300 g/mol. The van der Waals surface area contributed by atoms with E-state index in [2.05, 4.69) is 15.5 Å². The van der Waals surface area contributed by atoms with Crippen LogP contribution in [0.25, 0.3) is 0 Å². The van der Waals surface area contributed by atoms with Crippen molar-refractivity contribution < 1.29 is 14.5 Å². The Hall–Kier alpha value is -3.29.